The molecule has 1 unspecified atom stereocenters. The van der Waals surface area contributed by atoms with Crippen LogP contribution in [0.5, 0.6) is 0 Å². The third-order valence-corrected chi connectivity index (χ3v) is 2.75. The van der Waals surface area contributed by atoms with Gasteiger partial charge in [-0.1, -0.05) is 0 Å². The monoisotopic (exact) mass is 192 g/mol. The lowest BCUT2D eigenvalue weighted by molar-refractivity contribution is 0.197. The van der Waals surface area contributed by atoms with Gasteiger partial charge < -0.3 is 5.32 Å². The predicted octanol–water partition coefficient (Wildman–Crippen LogP) is 0.361. The highest BCUT2D eigenvalue weighted by molar-refractivity contribution is 5.14. The minimum Gasteiger partial charge on any atom is -0.313 e. The first-order valence-corrected chi connectivity index (χ1v) is 4.97. The van der Waals surface area contributed by atoms with Gasteiger partial charge in [0.15, 0.2) is 0 Å². The van der Waals surface area contributed by atoms with Crippen molar-refractivity contribution in [3.05, 3.63) is 23.8 Å². The van der Waals surface area contributed by atoms with E-state index in [4.69, 9.17) is 0 Å². The van der Waals surface area contributed by atoms with Crippen molar-refractivity contribution in [1.29, 1.82) is 0 Å². The maximum absolute atomic E-state index is 4.41. The number of nitrogens with one attached hydrogen (secondary N) is 1. The van der Waals surface area contributed by atoms with E-state index in [0.29, 0.717) is 6.04 Å². The summed E-state index contributed by atoms with van der Waals surface area (Å²) in [5.41, 5.74) is 2.13. The lowest BCUT2D eigenvalue weighted by Gasteiger charge is -2.32. The van der Waals surface area contributed by atoms with Crippen molar-refractivity contribution in [3.8, 4) is 0 Å². The molecule has 4 heteroatoms. The second kappa shape index (κ2) is 4.02. The Morgan fingerprint density at radius 1 is 1.43 bits per heavy atom. The quantitative estimate of drug-likeness (QED) is 0.697. The van der Waals surface area contributed by atoms with E-state index in [9.17, 15) is 0 Å². The molecule has 1 N–H and O–H groups in total. The Hall–Kier alpha value is -1.00. The van der Waals surface area contributed by atoms with Gasteiger partial charge in [0.1, 0.15) is 0 Å². The average Bonchev–Trinajstić information content (AvgIpc) is 2.20. The van der Waals surface area contributed by atoms with Gasteiger partial charge >= 0.3 is 0 Å². The van der Waals surface area contributed by atoms with Gasteiger partial charge in [-0.3, -0.25) is 14.9 Å². The highest BCUT2D eigenvalue weighted by atomic mass is 15.2. The zero-order valence-electron chi connectivity index (χ0n) is 8.70. The summed E-state index contributed by atoms with van der Waals surface area (Å²) in [5, 5.41) is 3.38. The third-order valence-electron chi connectivity index (χ3n) is 2.75. The summed E-state index contributed by atoms with van der Waals surface area (Å²) in [6.45, 7) is 5.12. The van der Waals surface area contributed by atoms with Gasteiger partial charge in [-0.05, 0) is 14.0 Å². The molecule has 2 rings (SSSR count). The van der Waals surface area contributed by atoms with Crippen LogP contribution >= 0.6 is 0 Å². The molecule has 0 radical (unpaired) electrons. The number of piperazine rings is 1. The van der Waals surface area contributed by atoms with Gasteiger partial charge in [-0.15, -0.1) is 0 Å². The number of aryl methyl sites for hydroxylation is 1. The van der Waals surface area contributed by atoms with Crippen LogP contribution in [0.25, 0.3) is 0 Å². The van der Waals surface area contributed by atoms with Crippen molar-refractivity contribution in [1.82, 2.24) is 20.2 Å². The van der Waals surface area contributed by atoms with Crippen LogP contribution in [-0.2, 0) is 0 Å². The number of likely N-dealkylation sites (N-methyl/N-ethyl adjacent to an activating group) is 1. The molecule has 0 aliphatic carbocycles. The molecule has 1 saturated heterocycles. The molecule has 1 aromatic rings. The second-order valence-electron chi connectivity index (χ2n) is 3.73. The van der Waals surface area contributed by atoms with Crippen molar-refractivity contribution in [2.45, 2.75) is 13.0 Å². The minimum absolute atomic E-state index is 0.373. The standard InChI is InChI=1S/C10H16N4/c1-8-10(13-4-3-12-8)9-7-11-5-6-14(9)2/h3-4,9,11H,5-7H2,1-2H3. The van der Waals surface area contributed by atoms with Crippen molar-refractivity contribution >= 4 is 0 Å². The largest absolute Gasteiger partial charge is 0.313 e. The Morgan fingerprint density at radius 2 is 2.21 bits per heavy atom. The van der Waals surface area contributed by atoms with Crippen LogP contribution in [0.3, 0.4) is 0 Å². The second-order valence-corrected chi connectivity index (χ2v) is 3.73. The molecule has 0 aromatic carbocycles. The van der Waals surface area contributed by atoms with Crippen molar-refractivity contribution in [2.24, 2.45) is 0 Å². The first kappa shape index (κ1) is 9.55. The SMILES string of the molecule is Cc1nccnc1C1CNCCN1C. The summed E-state index contributed by atoms with van der Waals surface area (Å²) in [6.07, 6.45) is 3.51. The molecule has 1 aromatic heterocycles. The maximum Gasteiger partial charge on any atom is 0.0800 e. The zero-order chi connectivity index (χ0) is 9.97. The number of rotatable bonds is 1. The van der Waals surface area contributed by atoms with Crippen molar-refractivity contribution in [2.75, 3.05) is 26.7 Å². The number of hydrogen-bond acceptors (Lipinski definition) is 4. The van der Waals surface area contributed by atoms with Crippen molar-refractivity contribution < 1.29 is 0 Å². The van der Waals surface area contributed by atoms with E-state index in [1.165, 1.54) is 0 Å². The summed E-state index contributed by atoms with van der Waals surface area (Å²) < 4.78 is 0. The van der Waals surface area contributed by atoms with Crippen molar-refractivity contribution in [3.63, 3.8) is 0 Å². The molecule has 1 aliphatic rings. The molecule has 0 spiro atoms. The van der Waals surface area contributed by atoms with Gasteiger partial charge in [0.05, 0.1) is 17.4 Å². The Balaban J connectivity index is 2.25. The normalized spacial score (nSPS) is 23.7. The molecule has 14 heavy (non-hydrogen) atoms. The van der Waals surface area contributed by atoms with Gasteiger partial charge in [0.2, 0.25) is 0 Å². The molecule has 1 aliphatic heterocycles. The molecule has 1 fully saturated rings. The van der Waals surface area contributed by atoms with E-state index in [2.05, 4.69) is 27.2 Å². The highest BCUT2D eigenvalue weighted by Crippen LogP contribution is 2.19. The number of nitrogens with zero attached hydrogens (tertiary/aromatic N) is 3. The Morgan fingerprint density at radius 3 is 2.93 bits per heavy atom. The van der Waals surface area contributed by atoms with E-state index in [1.54, 1.807) is 12.4 Å². The van der Waals surface area contributed by atoms with Gasteiger partial charge in [-0.25, -0.2) is 0 Å². The van der Waals surface area contributed by atoms with Crippen LogP contribution in [0.1, 0.15) is 17.4 Å². The molecule has 76 valence electrons. The minimum atomic E-state index is 0.373. The lowest BCUT2D eigenvalue weighted by atomic mass is 10.1. The molecule has 0 bridgehead atoms. The van der Waals surface area contributed by atoms with Crippen LogP contribution in [0.15, 0.2) is 12.4 Å². The first-order chi connectivity index (χ1) is 6.79. The van der Waals surface area contributed by atoms with Gasteiger partial charge in [0.25, 0.3) is 0 Å². The highest BCUT2D eigenvalue weighted by Gasteiger charge is 2.22. The molecule has 0 amide bonds. The van der Waals surface area contributed by atoms with Gasteiger partial charge in [0, 0.05) is 32.0 Å². The Kier molecular flexibility index (Phi) is 2.74. The summed E-state index contributed by atoms with van der Waals surface area (Å²) >= 11 is 0. The number of aromatic nitrogens is 2. The fraction of sp³-hybridized carbons (Fsp3) is 0.600. The summed E-state index contributed by atoms with van der Waals surface area (Å²) in [6, 6.07) is 0.373. The molecular weight excluding hydrogens is 176 g/mol. The Labute approximate surface area is 84.4 Å². The lowest BCUT2D eigenvalue weighted by Crippen LogP contribution is -2.44. The van der Waals surface area contributed by atoms with E-state index < -0.39 is 0 Å². The topological polar surface area (TPSA) is 41.1 Å². The smallest absolute Gasteiger partial charge is 0.0800 e. The van der Waals surface area contributed by atoms with E-state index in [-0.39, 0.29) is 0 Å². The third kappa shape index (κ3) is 1.76. The fourth-order valence-corrected chi connectivity index (χ4v) is 1.86. The van der Waals surface area contributed by atoms with E-state index in [1.807, 2.05) is 6.92 Å². The molecular formula is C10H16N4. The van der Waals surface area contributed by atoms with Gasteiger partial charge in [-0.2, -0.15) is 0 Å². The molecule has 4 nitrogen and oxygen atoms in total. The average molecular weight is 192 g/mol. The summed E-state index contributed by atoms with van der Waals surface area (Å²) in [5.74, 6) is 0. The zero-order valence-corrected chi connectivity index (χ0v) is 8.70. The summed E-state index contributed by atoms with van der Waals surface area (Å²) in [7, 11) is 2.14. The molecule has 1 atom stereocenters. The fourth-order valence-electron chi connectivity index (χ4n) is 1.86. The maximum atomic E-state index is 4.41. The van der Waals surface area contributed by atoms with E-state index in [0.717, 1.165) is 31.0 Å². The van der Waals surface area contributed by atoms with Crippen LogP contribution in [0, 0.1) is 6.92 Å². The van der Waals surface area contributed by atoms with Crippen LogP contribution < -0.4 is 5.32 Å². The van der Waals surface area contributed by atoms with Crippen LogP contribution in [0.2, 0.25) is 0 Å². The Bertz CT molecular complexity index is 313. The first-order valence-electron chi connectivity index (χ1n) is 4.97. The van der Waals surface area contributed by atoms with Crippen LogP contribution in [-0.4, -0.2) is 41.5 Å². The molecule has 0 saturated carbocycles. The van der Waals surface area contributed by atoms with E-state index >= 15 is 0 Å². The molecule has 2 heterocycles. The predicted molar refractivity (Wildman–Crippen MR) is 55.0 cm³/mol. The number of hydrogen-bond donors (Lipinski definition) is 1. The van der Waals surface area contributed by atoms with Crippen LogP contribution in [0.4, 0.5) is 0 Å². The summed E-state index contributed by atoms with van der Waals surface area (Å²) in [4.78, 5) is 11.0.